The van der Waals surface area contributed by atoms with Crippen molar-refractivity contribution in [2.45, 2.75) is 40.2 Å². The number of urea groups is 1. The van der Waals surface area contributed by atoms with Gasteiger partial charge in [0.15, 0.2) is 0 Å². The molecule has 3 heterocycles. The molecule has 0 N–H and O–H groups in total. The highest BCUT2D eigenvalue weighted by atomic mass is 32.1. The molecule has 0 bridgehead atoms. The summed E-state index contributed by atoms with van der Waals surface area (Å²) in [7, 11) is 0. The summed E-state index contributed by atoms with van der Waals surface area (Å²) < 4.78 is 0. The number of aryl methyl sites for hydroxylation is 1. The third-order valence-corrected chi connectivity index (χ3v) is 6.71. The van der Waals surface area contributed by atoms with Crippen LogP contribution in [-0.2, 0) is 11.3 Å². The van der Waals surface area contributed by atoms with Gasteiger partial charge in [0.05, 0.1) is 10.7 Å². The summed E-state index contributed by atoms with van der Waals surface area (Å²) in [6, 6.07) is 0.113. The summed E-state index contributed by atoms with van der Waals surface area (Å²) in [5.74, 6) is 0.340. The molecule has 0 aliphatic carbocycles. The fourth-order valence-electron chi connectivity index (χ4n) is 4.11. The SMILES string of the molecule is CCN(CC)C(=O)N1CCC(C(=O)N2CCN(Cc3csc(C)n3)CC2)CC1. The first-order valence-electron chi connectivity index (χ1n) is 10.5. The van der Waals surface area contributed by atoms with E-state index in [-0.39, 0.29) is 17.9 Å². The van der Waals surface area contributed by atoms with Gasteiger partial charge in [0.2, 0.25) is 5.91 Å². The molecular formula is C20H33N5O2S. The van der Waals surface area contributed by atoms with Gasteiger partial charge >= 0.3 is 6.03 Å². The third-order valence-electron chi connectivity index (χ3n) is 5.88. The Balaban J connectivity index is 1.43. The molecule has 3 rings (SSSR count). The summed E-state index contributed by atoms with van der Waals surface area (Å²) in [5, 5.41) is 3.23. The topological polar surface area (TPSA) is 60.0 Å². The summed E-state index contributed by atoms with van der Waals surface area (Å²) in [4.78, 5) is 38.1. The Morgan fingerprint density at radius 1 is 1.07 bits per heavy atom. The first kappa shape index (κ1) is 21.0. The van der Waals surface area contributed by atoms with Crippen LogP contribution in [0.5, 0.6) is 0 Å². The highest BCUT2D eigenvalue weighted by molar-refractivity contribution is 7.09. The van der Waals surface area contributed by atoms with Gasteiger partial charge in [-0.1, -0.05) is 0 Å². The van der Waals surface area contributed by atoms with E-state index in [1.54, 1.807) is 11.3 Å². The molecule has 3 amide bonds. The fourth-order valence-corrected chi connectivity index (χ4v) is 4.71. The Kier molecular flexibility index (Phi) is 7.29. The zero-order valence-electron chi connectivity index (χ0n) is 17.4. The van der Waals surface area contributed by atoms with Crippen molar-refractivity contribution in [3.8, 4) is 0 Å². The Morgan fingerprint density at radius 3 is 2.25 bits per heavy atom. The molecule has 7 nitrogen and oxygen atoms in total. The molecular weight excluding hydrogens is 374 g/mol. The lowest BCUT2D eigenvalue weighted by Gasteiger charge is -2.39. The first-order valence-corrected chi connectivity index (χ1v) is 11.4. The van der Waals surface area contributed by atoms with Crippen molar-refractivity contribution in [3.05, 3.63) is 16.1 Å². The van der Waals surface area contributed by atoms with E-state index in [1.807, 2.05) is 35.5 Å². The number of rotatable bonds is 5. The lowest BCUT2D eigenvalue weighted by Crippen LogP contribution is -2.52. The normalized spacial score (nSPS) is 19.1. The predicted octanol–water partition coefficient (Wildman–Crippen LogP) is 2.27. The summed E-state index contributed by atoms with van der Waals surface area (Å²) >= 11 is 1.69. The lowest BCUT2D eigenvalue weighted by atomic mass is 9.95. The Hall–Kier alpha value is -1.67. The molecule has 0 atom stereocenters. The van der Waals surface area contributed by atoms with Gasteiger partial charge in [-0.15, -0.1) is 11.3 Å². The Morgan fingerprint density at radius 2 is 1.71 bits per heavy atom. The van der Waals surface area contributed by atoms with E-state index >= 15 is 0 Å². The quantitative estimate of drug-likeness (QED) is 0.751. The largest absolute Gasteiger partial charge is 0.340 e. The minimum Gasteiger partial charge on any atom is -0.340 e. The van der Waals surface area contributed by atoms with Gasteiger partial charge < -0.3 is 14.7 Å². The molecule has 2 saturated heterocycles. The fraction of sp³-hybridized carbons (Fsp3) is 0.750. The van der Waals surface area contributed by atoms with Crippen LogP contribution in [0, 0.1) is 12.8 Å². The summed E-state index contributed by atoms with van der Waals surface area (Å²) in [5.41, 5.74) is 1.13. The minimum absolute atomic E-state index is 0.0634. The highest BCUT2D eigenvalue weighted by Crippen LogP contribution is 2.22. The Bertz CT molecular complexity index is 659. The number of thiazole rings is 1. The zero-order chi connectivity index (χ0) is 20.1. The van der Waals surface area contributed by atoms with Gasteiger partial charge in [-0.2, -0.15) is 0 Å². The number of likely N-dealkylation sites (tertiary alicyclic amines) is 1. The number of hydrogen-bond donors (Lipinski definition) is 0. The van der Waals surface area contributed by atoms with Gasteiger partial charge in [-0.25, -0.2) is 9.78 Å². The molecule has 8 heteroatoms. The van der Waals surface area contributed by atoms with Crippen molar-refractivity contribution >= 4 is 23.3 Å². The number of hydrogen-bond acceptors (Lipinski definition) is 5. The van der Waals surface area contributed by atoms with Crippen molar-refractivity contribution in [1.29, 1.82) is 0 Å². The predicted molar refractivity (Wildman–Crippen MR) is 111 cm³/mol. The van der Waals surface area contributed by atoms with Crippen LogP contribution in [0.2, 0.25) is 0 Å². The van der Waals surface area contributed by atoms with Gasteiger partial charge in [-0.05, 0) is 33.6 Å². The van der Waals surface area contributed by atoms with Gasteiger partial charge in [0, 0.05) is 70.2 Å². The monoisotopic (exact) mass is 407 g/mol. The van der Waals surface area contributed by atoms with E-state index in [0.29, 0.717) is 13.1 Å². The molecule has 2 aliphatic rings. The first-order chi connectivity index (χ1) is 13.5. The average molecular weight is 408 g/mol. The van der Waals surface area contributed by atoms with Gasteiger partial charge in [0.1, 0.15) is 0 Å². The molecule has 0 spiro atoms. The van der Waals surface area contributed by atoms with Crippen LogP contribution in [0.4, 0.5) is 4.79 Å². The lowest BCUT2D eigenvalue weighted by molar-refractivity contribution is -0.138. The van der Waals surface area contributed by atoms with Crippen molar-refractivity contribution in [2.75, 3.05) is 52.4 Å². The number of carbonyl (C=O) groups is 2. The van der Waals surface area contributed by atoms with Crippen LogP contribution < -0.4 is 0 Å². The molecule has 0 radical (unpaired) electrons. The van der Waals surface area contributed by atoms with E-state index in [9.17, 15) is 9.59 Å². The van der Waals surface area contributed by atoms with E-state index in [0.717, 1.165) is 69.4 Å². The maximum Gasteiger partial charge on any atom is 0.319 e. The number of piperidine rings is 1. The molecule has 0 saturated carbocycles. The van der Waals surface area contributed by atoms with Crippen molar-refractivity contribution < 1.29 is 9.59 Å². The third kappa shape index (κ3) is 5.03. The van der Waals surface area contributed by atoms with Crippen molar-refractivity contribution in [1.82, 2.24) is 24.6 Å². The molecule has 28 heavy (non-hydrogen) atoms. The number of carbonyl (C=O) groups excluding carboxylic acids is 2. The van der Waals surface area contributed by atoms with Crippen molar-refractivity contribution in [3.63, 3.8) is 0 Å². The molecule has 156 valence electrons. The molecule has 1 aromatic heterocycles. The van der Waals surface area contributed by atoms with Crippen LogP contribution in [0.15, 0.2) is 5.38 Å². The van der Waals surface area contributed by atoms with E-state index in [4.69, 9.17) is 0 Å². The number of piperazine rings is 1. The molecule has 2 fully saturated rings. The molecule has 0 unspecified atom stereocenters. The van der Waals surface area contributed by atoms with Gasteiger partial charge in [-0.3, -0.25) is 9.69 Å². The van der Waals surface area contributed by atoms with Crippen LogP contribution in [0.1, 0.15) is 37.4 Å². The second-order valence-electron chi connectivity index (χ2n) is 7.68. The summed E-state index contributed by atoms with van der Waals surface area (Å²) in [6.07, 6.45) is 1.56. The van der Waals surface area contributed by atoms with Gasteiger partial charge in [0.25, 0.3) is 0 Å². The smallest absolute Gasteiger partial charge is 0.319 e. The summed E-state index contributed by atoms with van der Waals surface area (Å²) in [6.45, 7) is 13.2. The minimum atomic E-state index is 0.0634. The van der Waals surface area contributed by atoms with E-state index in [2.05, 4.69) is 15.3 Å². The van der Waals surface area contributed by atoms with E-state index < -0.39 is 0 Å². The van der Waals surface area contributed by atoms with Crippen LogP contribution >= 0.6 is 11.3 Å². The van der Waals surface area contributed by atoms with Crippen LogP contribution in [0.25, 0.3) is 0 Å². The van der Waals surface area contributed by atoms with Crippen LogP contribution in [0.3, 0.4) is 0 Å². The van der Waals surface area contributed by atoms with Crippen molar-refractivity contribution in [2.24, 2.45) is 5.92 Å². The number of amides is 3. The molecule has 0 aromatic carbocycles. The molecule has 1 aromatic rings. The second-order valence-corrected chi connectivity index (χ2v) is 8.74. The Labute approximate surface area is 172 Å². The maximum atomic E-state index is 12.9. The maximum absolute atomic E-state index is 12.9. The number of nitrogens with zero attached hydrogens (tertiary/aromatic N) is 5. The standard InChI is InChI=1S/C20H33N5O2S/c1-4-23(5-2)20(27)25-8-6-17(7-9-25)19(26)24-12-10-22(11-13-24)14-18-15-28-16(3)21-18/h15,17H,4-14H2,1-3H3. The van der Waals surface area contributed by atoms with Crippen LogP contribution in [-0.4, -0.2) is 88.9 Å². The highest BCUT2D eigenvalue weighted by Gasteiger charge is 2.32. The van der Waals surface area contributed by atoms with E-state index in [1.165, 1.54) is 0 Å². The zero-order valence-corrected chi connectivity index (χ0v) is 18.2. The number of aromatic nitrogens is 1. The second kappa shape index (κ2) is 9.69. The average Bonchev–Trinajstić information content (AvgIpc) is 3.13. The molecule has 2 aliphatic heterocycles.